The van der Waals surface area contributed by atoms with Crippen molar-refractivity contribution >= 4 is 0 Å². The van der Waals surface area contributed by atoms with E-state index in [0.29, 0.717) is 0 Å². The van der Waals surface area contributed by atoms with Crippen LogP contribution in [0.5, 0.6) is 0 Å². The number of furan rings is 1. The first-order valence-corrected chi connectivity index (χ1v) is 5.50. The third-order valence-corrected chi connectivity index (χ3v) is 2.54. The van der Waals surface area contributed by atoms with E-state index in [-0.39, 0.29) is 0 Å². The van der Waals surface area contributed by atoms with Crippen molar-refractivity contribution in [2.75, 3.05) is 6.54 Å². The smallest absolute Gasteiger partial charge is 0.105 e. The molecule has 0 aliphatic rings. The third-order valence-electron chi connectivity index (χ3n) is 2.54. The Morgan fingerprint density at radius 3 is 2.94 bits per heavy atom. The van der Waals surface area contributed by atoms with Crippen LogP contribution in [0.1, 0.15) is 17.1 Å². The van der Waals surface area contributed by atoms with Crippen LogP contribution >= 0.6 is 0 Å². The first-order chi connectivity index (χ1) is 7.75. The van der Waals surface area contributed by atoms with Crippen LogP contribution in [0.25, 0.3) is 0 Å². The number of nitrogens with zero attached hydrogens (tertiary/aromatic N) is 2. The maximum absolute atomic E-state index is 5.46. The lowest BCUT2D eigenvalue weighted by Crippen LogP contribution is -2.19. The quantitative estimate of drug-likeness (QED) is 0.781. The lowest BCUT2D eigenvalue weighted by Gasteiger charge is -2.03. The van der Waals surface area contributed by atoms with Gasteiger partial charge in [-0.25, -0.2) is 0 Å². The van der Waals surface area contributed by atoms with Crippen molar-refractivity contribution in [1.29, 1.82) is 0 Å². The molecule has 0 radical (unpaired) electrons. The Kier molecular flexibility index (Phi) is 3.41. The van der Waals surface area contributed by atoms with Gasteiger partial charge in [-0.15, -0.1) is 0 Å². The Bertz CT molecular complexity index is 431. The predicted octanol–water partition coefficient (Wildman–Crippen LogP) is 1.88. The molecule has 2 rings (SSSR count). The van der Waals surface area contributed by atoms with E-state index in [1.807, 2.05) is 30.8 Å². The van der Waals surface area contributed by atoms with Crippen LogP contribution in [-0.4, -0.2) is 16.3 Å². The Labute approximate surface area is 95.3 Å². The maximum Gasteiger partial charge on any atom is 0.105 e. The van der Waals surface area contributed by atoms with Gasteiger partial charge in [0, 0.05) is 31.0 Å². The molecule has 0 fully saturated rings. The molecule has 1 N–H and O–H groups in total. The van der Waals surface area contributed by atoms with E-state index in [2.05, 4.69) is 16.5 Å². The molecule has 16 heavy (non-hydrogen) atoms. The summed E-state index contributed by atoms with van der Waals surface area (Å²) in [7, 11) is 0. The molecule has 4 heteroatoms. The van der Waals surface area contributed by atoms with Crippen LogP contribution in [0.3, 0.4) is 0 Å². The van der Waals surface area contributed by atoms with Gasteiger partial charge in [-0.2, -0.15) is 5.10 Å². The lowest BCUT2D eigenvalue weighted by molar-refractivity contribution is 0.496. The molecule has 2 heterocycles. The van der Waals surface area contributed by atoms with E-state index in [0.717, 1.165) is 31.2 Å². The highest BCUT2D eigenvalue weighted by atomic mass is 16.3. The topological polar surface area (TPSA) is 43.0 Å². The lowest BCUT2D eigenvalue weighted by atomic mass is 10.2. The van der Waals surface area contributed by atoms with Gasteiger partial charge in [0.05, 0.1) is 6.54 Å². The van der Waals surface area contributed by atoms with Gasteiger partial charge in [-0.3, -0.25) is 4.68 Å². The highest BCUT2D eigenvalue weighted by Gasteiger charge is 2.03. The van der Waals surface area contributed by atoms with Gasteiger partial charge >= 0.3 is 0 Å². The SMILES string of the molecule is Cc1cc(CNCCn2cccn2)c(C)o1. The van der Waals surface area contributed by atoms with Gasteiger partial charge in [0.15, 0.2) is 0 Å². The standard InChI is InChI=1S/C12H17N3O/c1-10-8-12(11(2)16-10)9-13-5-7-15-6-3-4-14-15/h3-4,6,8,13H,5,7,9H2,1-2H3. The number of rotatable bonds is 5. The van der Waals surface area contributed by atoms with Gasteiger partial charge in [-0.05, 0) is 26.0 Å². The Morgan fingerprint density at radius 2 is 2.31 bits per heavy atom. The van der Waals surface area contributed by atoms with Crippen molar-refractivity contribution in [1.82, 2.24) is 15.1 Å². The zero-order valence-corrected chi connectivity index (χ0v) is 9.73. The second kappa shape index (κ2) is 4.99. The molecule has 0 spiro atoms. The minimum Gasteiger partial charge on any atom is -0.466 e. The first-order valence-electron chi connectivity index (χ1n) is 5.50. The van der Waals surface area contributed by atoms with Gasteiger partial charge < -0.3 is 9.73 Å². The average Bonchev–Trinajstić information content (AvgIpc) is 2.84. The van der Waals surface area contributed by atoms with Crippen LogP contribution in [0, 0.1) is 13.8 Å². The number of nitrogens with one attached hydrogen (secondary N) is 1. The molecule has 2 aromatic rings. The number of aromatic nitrogens is 2. The highest BCUT2D eigenvalue weighted by Crippen LogP contribution is 2.12. The highest BCUT2D eigenvalue weighted by molar-refractivity contribution is 5.19. The molecular weight excluding hydrogens is 202 g/mol. The van der Waals surface area contributed by atoms with Crippen LogP contribution in [-0.2, 0) is 13.1 Å². The Balaban J connectivity index is 1.74. The molecule has 0 bridgehead atoms. The third kappa shape index (κ3) is 2.73. The Hall–Kier alpha value is -1.55. The summed E-state index contributed by atoms with van der Waals surface area (Å²) in [5.41, 5.74) is 1.23. The van der Waals surface area contributed by atoms with Gasteiger partial charge in [0.25, 0.3) is 0 Å². The van der Waals surface area contributed by atoms with Crippen molar-refractivity contribution in [3.63, 3.8) is 0 Å². The molecule has 2 aromatic heterocycles. The summed E-state index contributed by atoms with van der Waals surface area (Å²) in [6.07, 6.45) is 3.76. The van der Waals surface area contributed by atoms with E-state index >= 15 is 0 Å². The van der Waals surface area contributed by atoms with Crippen molar-refractivity contribution < 1.29 is 4.42 Å². The van der Waals surface area contributed by atoms with Gasteiger partial charge in [0.1, 0.15) is 11.5 Å². The number of aryl methyl sites for hydroxylation is 2. The zero-order valence-electron chi connectivity index (χ0n) is 9.73. The van der Waals surface area contributed by atoms with E-state index < -0.39 is 0 Å². The molecule has 0 saturated heterocycles. The van der Waals surface area contributed by atoms with Gasteiger partial charge in [0.2, 0.25) is 0 Å². The van der Waals surface area contributed by atoms with Crippen molar-refractivity contribution in [3.05, 3.63) is 41.6 Å². The number of hydrogen-bond donors (Lipinski definition) is 1. The summed E-state index contributed by atoms with van der Waals surface area (Å²) in [6, 6.07) is 4.01. The molecule has 0 amide bonds. The normalized spacial score (nSPS) is 10.9. The van der Waals surface area contributed by atoms with E-state index in [4.69, 9.17) is 4.42 Å². The summed E-state index contributed by atoms with van der Waals surface area (Å²) < 4.78 is 7.38. The van der Waals surface area contributed by atoms with Crippen LogP contribution in [0.2, 0.25) is 0 Å². The number of hydrogen-bond acceptors (Lipinski definition) is 3. The molecule has 4 nitrogen and oxygen atoms in total. The minimum atomic E-state index is 0.852. The van der Waals surface area contributed by atoms with Crippen LogP contribution in [0.15, 0.2) is 28.9 Å². The Morgan fingerprint density at radius 1 is 1.44 bits per heavy atom. The predicted molar refractivity (Wildman–Crippen MR) is 62.1 cm³/mol. The average molecular weight is 219 g/mol. The first kappa shape index (κ1) is 11.0. The van der Waals surface area contributed by atoms with E-state index in [1.165, 1.54) is 5.56 Å². The fourth-order valence-electron chi connectivity index (χ4n) is 1.71. The molecule has 86 valence electrons. The maximum atomic E-state index is 5.46. The summed E-state index contributed by atoms with van der Waals surface area (Å²) in [5, 5.41) is 7.51. The molecule has 0 atom stereocenters. The minimum absolute atomic E-state index is 0.852. The molecule has 0 aliphatic heterocycles. The summed E-state index contributed by atoms with van der Waals surface area (Å²) >= 11 is 0. The van der Waals surface area contributed by atoms with E-state index in [9.17, 15) is 0 Å². The molecule has 0 aromatic carbocycles. The second-order valence-electron chi connectivity index (χ2n) is 3.88. The molecular formula is C12H17N3O. The van der Waals surface area contributed by atoms with Crippen LogP contribution < -0.4 is 5.32 Å². The van der Waals surface area contributed by atoms with Crippen molar-refractivity contribution in [3.8, 4) is 0 Å². The second-order valence-corrected chi connectivity index (χ2v) is 3.88. The molecule has 0 unspecified atom stereocenters. The molecule has 0 saturated carbocycles. The largest absolute Gasteiger partial charge is 0.466 e. The fraction of sp³-hybridized carbons (Fsp3) is 0.417. The van der Waals surface area contributed by atoms with Crippen molar-refractivity contribution in [2.24, 2.45) is 0 Å². The summed E-state index contributed by atoms with van der Waals surface area (Å²) in [5.74, 6) is 1.98. The fourth-order valence-corrected chi connectivity index (χ4v) is 1.71. The summed E-state index contributed by atoms with van der Waals surface area (Å²) in [6.45, 7) is 6.62. The monoisotopic (exact) mass is 219 g/mol. The molecule has 0 aliphatic carbocycles. The van der Waals surface area contributed by atoms with Crippen LogP contribution in [0.4, 0.5) is 0 Å². The van der Waals surface area contributed by atoms with Gasteiger partial charge in [-0.1, -0.05) is 0 Å². The van der Waals surface area contributed by atoms with Crippen molar-refractivity contribution in [2.45, 2.75) is 26.9 Å². The zero-order chi connectivity index (χ0) is 11.4. The van der Waals surface area contributed by atoms with E-state index in [1.54, 1.807) is 6.20 Å². The summed E-state index contributed by atoms with van der Waals surface area (Å²) in [4.78, 5) is 0.